The summed E-state index contributed by atoms with van der Waals surface area (Å²) in [5, 5.41) is 3.69. The summed E-state index contributed by atoms with van der Waals surface area (Å²) in [6.45, 7) is 9.16. The summed E-state index contributed by atoms with van der Waals surface area (Å²) in [6.07, 6.45) is 6.32. The first kappa shape index (κ1) is 13.5. The van der Waals surface area contributed by atoms with E-state index in [0.717, 1.165) is 25.6 Å². The smallest absolute Gasteiger partial charge is 0.0312 e. The zero-order chi connectivity index (χ0) is 12.8. The molecule has 1 fully saturated rings. The van der Waals surface area contributed by atoms with Crippen LogP contribution >= 0.6 is 0 Å². The van der Waals surface area contributed by atoms with E-state index in [1.54, 1.807) is 0 Å². The molecule has 1 saturated heterocycles. The van der Waals surface area contributed by atoms with Crippen molar-refractivity contribution in [3.63, 3.8) is 0 Å². The molecule has 0 bridgehead atoms. The predicted octanol–water partition coefficient (Wildman–Crippen LogP) is 2.29. The Morgan fingerprint density at radius 3 is 3.17 bits per heavy atom. The second-order valence-corrected chi connectivity index (χ2v) is 5.40. The Hall–Kier alpha value is -0.930. The fourth-order valence-electron chi connectivity index (χ4n) is 2.58. The topological polar surface area (TPSA) is 28.2 Å². The van der Waals surface area contributed by atoms with Crippen LogP contribution in [-0.2, 0) is 6.54 Å². The third-order valence-corrected chi connectivity index (χ3v) is 3.97. The maximum atomic E-state index is 4.20. The first-order valence-corrected chi connectivity index (χ1v) is 7.14. The SMILES string of the molecule is CCC(C)C1CN(Cc2cccnc2)CCCN1. The van der Waals surface area contributed by atoms with Crippen LogP contribution in [0.3, 0.4) is 0 Å². The number of hydrogen-bond donors (Lipinski definition) is 1. The fraction of sp³-hybridized carbons (Fsp3) is 0.667. The zero-order valence-corrected chi connectivity index (χ0v) is 11.6. The van der Waals surface area contributed by atoms with E-state index in [9.17, 15) is 0 Å². The monoisotopic (exact) mass is 247 g/mol. The third-order valence-electron chi connectivity index (χ3n) is 3.97. The average molecular weight is 247 g/mol. The Labute approximate surface area is 111 Å². The molecule has 2 unspecified atom stereocenters. The van der Waals surface area contributed by atoms with Gasteiger partial charge in [-0.1, -0.05) is 26.3 Å². The van der Waals surface area contributed by atoms with Gasteiger partial charge in [0.05, 0.1) is 0 Å². The Kier molecular flexibility index (Phi) is 5.14. The van der Waals surface area contributed by atoms with Crippen molar-refractivity contribution in [1.82, 2.24) is 15.2 Å². The van der Waals surface area contributed by atoms with Crippen LogP contribution in [0.25, 0.3) is 0 Å². The lowest BCUT2D eigenvalue weighted by atomic mass is 9.99. The van der Waals surface area contributed by atoms with Gasteiger partial charge in [-0.2, -0.15) is 0 Å². The van der Waals surface area contributed by atoms with Gasteiger partial charge in [0.2, 0.25) is 0 Å². The quantitative estimate of drug-likeness (QED) is 0.885. The number of nitrogens with zero attached hydrogens (tertiary/aromatic N) is 2. The van der Waals surface area contributed by atoms with Crippen LogP contribution in [0.5, 0.6) is 0 Å². The number of hydrogen-bond acceptors (Lipinski definition) is 3. The molecule has 1 aliphatic heterocycles. The van der Waals surface area contributed by atoms with Gasteiger partial charge >= 0.3 is 0 Å². The van der Waals surface area contributed by atoms with Gasteiger partial charge in [0.1, 0.15) is 0 Å². The molecule has 0 saturated carbocycles. The van der Waals surface area contributed by atoms with Gasteiger partial charge in [0.25, 0.3) is 0 Å². The summed E-state index contributed by atoms with van der Waals surface area (Å²) in [5.74, 6) is 0.750. The van der Waals surface area contributed by atoms with Crippen LogP contribution in [0.15, 0.2) is 24.5 Å². The van der Waals surface area contributed by atoms with Crippen molar-refractivity contribution in [1.29, 1.82) is 0 Å². The van der Waals surface area contributed by atoms with Crippen molar-refractivity contribution in [3.05, 3.63) is 30.1 Å². The lowest BCUT2D eigenvalue weighted by Gasteiger charge is -2.28. The molecule has 0 amide bonds. The molecule has 2 heterocycles. The van der Waals surface area contributed by atoms with E-state index in [4.69, 9.17) is 0 Å². The molecular formula is C15H25N3. The van der Waals surface area contributed by atoms with Gasteiger partial charge in [-0.05, 0) is 37.1 Å². The molecular weight excluding hydrogens is 222 g/mol. The minimum absolute atomic E-state index is 0.633. The van der Waals surface area contributed by atoms with E-state index < -0.39 is 0 Å². The van der Waals surface area contributed by atoms with E-state index in [-0.39, 0.29) is 0 Å². The van der Waals surface area contributed by atoms with Gasteiger partial charge in [-0.15, -0.1) is 0 Å². The molecule has 0 spiro atoms. The van der Waals surface area contributed by atoms with Gasteiger partial charge in [-0.25, -0.2) is 0 Å². The average Bonchev–Trinajstić information content (AvgIpc) is 2.65. The summed E-state index contributed by atoms with van der Waals surface area (Å²) in [4.78, 5) is 6.76. The molecule has 3 heteroatoms. The van der Waals surface area contributed by atoms with E-state index in [2.05, 4.69) is 35.1 Å². The molecule has 1 aromatic heterocycles. The Balaban J connectivity index is 1.95. The molecule has 1 N–H and O–H groups in total. The maximum Gasteiger partial charge on any atom is 0.0312 e. The minimum Gasteiger partial charge on any atom is -0.312 e. The second-order valence-electron chi connectivity index (χ2n) is 5.40. The first-order valence-electron chi connectivity index (χ1n) is 7.14. The molecule has 100 valence electrons. The van der Waals surface area contributed by atoms with Gasteiger partial charge < -0.3 is 5.32 Å². The van der Waals surface area contributed by atoms with Crippen molar-refractivity contribution in [2.24, 2.45) is 5.92 Å². The number of pyridine rings is 1. The normalized spacial score (nSPS) is 23.6. The molecule has 2 atom stereocenters. The maximum absolute atomic E-state index is 4.20. The van der Waals surface area contributed by atoms with E-state index in [1.165, 1.54) is 24.9 Å². The lowest BCUT2D eigenvalue weighted by Crippen LogP contribution is -2.41. The highest BCUT2D eigenvalue weighted by Gasteiger charge is 2.21. The van der Waals surface area contributed by atoms with Crippen molar-refractivity contribution >= 4 is 0 Å². The molecule has 0 radical (unpaired) electrons. The largest absolute Gasteiger partial charge is 0.312 e. The number of aromatic nitrogens is 1. The summed E-state index contributed by atoms with van der Waals surface area (Å²) in [5.41, 5.74) is 1.32. The van der Waals surface area contributed by atoms with E-state index in [1.807, 2.05) is 18.5 Å². The summed E-state index contributed by atoms with van der Waals surface area (Å²) < 4.78 is 0. The van der Waals surface area contributed by atoms with Crippen LogP contribution in [0.2, 0.25) is 0 Å². The molecule has 0 aromatic carbocycles. The van der Waals surface area contributed by atoms with Crippen LogP contribution in [0, 0.1) is 5.92 Å². The standard InChI is InChI=1S/C15H25N3/c1-3-13(2)15-12-18(9-5-8-17-15)11-14-6-4-7-16-10-14/h4,6-7,10,13,15,17H,3,5,8-9,11-12H2,1-2H3. The van der Waals surface area contributed by atoms with E-state index in [0.29, 0.717) is 6.04 Å². The zero-order valence-electron chi connectivity index (χ0n) is 11.6. The van der Waals surface area contributed by atoms with Crippen LogP contribution in [0.4, 0.5) is 0 Å². The highest BCUT2D eigenvalue weighted by atomic mass is 15.2. The molecule has 3 nitrogen and oxygen atoms in total. The predicted molar refractivity (Wildman–Crippen MR) is 75.4 cm³/mol. The summed E-state index contributed by atoms with van der Waals surface area (Å²) in [7, 11) is 0. The molecule has 2 rings (SSSR count). The van der Waals surface area contributed by atoms with Gasteiger partial charge in [0.15, 0.2) is 0 Å². The highest BCUT2D eigenvalue weighted by molar-refractivity contribution is 5.08. The minimum atomic E-state index is 0.633. The van der Waals surface area contributed by atoms with Crippen LogP contribution in [-0.4, -0.2) is 35.6 Å². The van der Waals surface area contributed by atoms with Crippen molar-refractivity contribution in [3.8, 4) is 0 Å². The highest BCUT2D eigenvalue weighted by Crippen LogP contribution is 2.14. The molecule has 18 heavy (non-hydrogen) atoms. The molecule has 0 aliphatic carbocycles. The van der Waals surface area contributed by atoms with Crippen molar-refractivity contribution < 1.29 is 0 Å². The molecule has 1 aromatic rings. The van der Waals surface area contributed by atoms with Crippen molar-refractivity contribution in [2.75, 3.05) is 19.6 Å². The number of rotatable bonds is 4. The Morgan fingerprint density at radius 1 is 1.56 bits per heavy atom. The van der Waals surface area contributed by atoms with Crippen LogP contribution < -0.4 is 5.32 Å². The van der Waals surface area contributed by atoms with Gasteiger partial charge in [0, 0.05) is 31.5 Å². The lowest BCUT2D eigenvalue weighted by molar-refractivity contribution is 0.231. The van der Waals surface area contributed by atoms with E-state index >= 15 is 0 Å². The fourth-order valence-corrected chi connectivity index (χ4v) is 2.58. The van der Waals surface area contributed by atoms with Gasteiger partial charge in [-0.3, -0.25) is 9.88 Å². The second kappa shape index (κ2) is 6.86. The Bertz CT molecular complexity index is 339. The third kappa shape index (κ3) is 3.79. The molecule has 1 aliphatic rings. The van der Waals surface area contributed by atoms with Crippen molar-refractivity contribution in [2.45, 2.75) is 39.3 Å². The summed E-state index contributed by atoms with van der Waals surface area (Å²) >= 11 is 0. The number of nitrogens with one attached hydrogen (secondary N) is 1. The Morgan fingerprint density at radius 2 is 2.44 bits per heavy atom. The summed E-state index contributed by atoms with van der Waals surface area (Å²) in [6, 6.07) is 4.83. The first-order chi connectivity index (χ1) is 8.79. The van der Waals surface area contributed by atoms with Crippen LogP contribution in [0.1, 0.15) is 32.3 Å².